The number of halogens is 3. The summed E-state index contributed by atoms with van der Waals surface area (Å²) in [4.78, 5) is 0. The number of rotatable bonds is 4. The van der Waals surface area contributed by atoms with Crippen LogP contribution in [0.5, 0.6) is 5.75 Å². The third-order valence-electron chi connectivity index (χ3n) is 2.52. The molecule has 0 atom stereocenters. The van der Waals surface area contributed by atoms with Gasteiger partial charge in [-0.25, -0.2) is 4.39 Å². The highest BCUT2D eigenvalue weighted by atomic mass is 79.9. The summed E-state index contributed by atoms with van der Waals surface area (Å²) in [6.07, 6.45) is 0. The molecular formula is C14H11BrClFO. The predicted octanol–water partition coefficient (Wildman–Crippen LogP) is 4.95. The van der Waals surface area contributed by atoms with E-state index in [4.69, 9.17) is 16.3 Å². The molecule has 1 nitrogen and oxygen atoms in total. The van der Waals surface area contributed by atoms with Gasteiger partial charge >= 0.3 is 0 Å². The molecule has 0 aliphatic carbocycles. The third kappa shape index (κ3) is 3.24. The summed E-state index contributed by atoms with van der Waals surface area (Å²) in [6, 6.07) is 11.8. The van der Waals surface area contributed by atoms with Crippen molar-refractivity contribution in [2.24, 2.45) is 0 Å². The molecule has 94 valence electrons. The Morgan fingerprint density at radius 3 is 2.50 bits per heavy atom. The molecule has 0 radical (unpaired) electrons. The minimum Gasteiger partial charge on any atom is -0.489 e. The molecule has 18 heavy (non-hydrogen) atoms. The smallest absolute Gasteiger partial charge is 0.125 e. The zero-order chi connectivity index (χ0) is 13.0. The van der Waals surface area contributed by atoms with Gasteiger partial charge in [0.25, 0.3) is 0 Å². The third-order valence-corrected chi connectivity index (χ3v) is 3.43. The average Bonchev–Trinajstić information content (AvgIpc) is 2.38. The van der Waals surface area contributed by atoms with Gasteiger partial charge in [-0.3, -0.25) is 0 Å². The fourth-order valence-corrected chi connectivity index (χ4v) is 2.52. The molecule has 2 rings (SSSR count). The minimum absolute atomic E-state index is 0.248. The topological polar surface area (TPSA) is 9.23 Å². The van der Waals surface area contributed by atoms with E-state index in [-0.39, 0.29) is 5.82 Å². The first-order valence-electron chi connectivity index (χ1n) is 5.41. The van der Waals surface area contributed by atoms with Gasteiger partial charge in [0.15, 0.2) is 0 Å². The summed E-state index contributed by atoms with van der Waals surface area (Å²) in [5, 5.41) is 1.30. The van der Waals surface area contributed by atoms with Gasteiger partial charge in [0.1, 0.15) is 18.2 Å². The van der Waals surface area contributed by atoms with Gasteiger partial charge < -0.3 is 4.74 Å². The molecular weight excluding hydrogens is 319 g/mol. The Balaban J connectivity index is 2.10. The predicted molar refractivity (Wildman–Crippen MR) is 74.8 cm³/mol. The lowest BCUT2D eigenvalue weighted by molar-refractivity contribution is 0.304. The highest BCUT2D eigenvalue weighted by molar-refractivity contribution is 9.08. The summed E-state index contributed by atoms with van der Waals surface area (Å²) >= 11 is 9.45. The van der Waals surface area contributed by atoms with E-state index in [0.717, 1.165) is 16.9 Å². The van der Waals surface area contributed by atoms with E-state index in [9.17, 15) is 4.39 Å². The molecule has 0 fully saturated rings. The molecule has 0 aliphatic rings. The van der Waals surface area contributed by atoms with E-state index in [1.807, 2.05) is 18.2 Å². The van der Waals surface area contributed by atoms with E-state index in [0.29, 0.717) is 17.0 Å². The molecule has 4 heteroatoms. The van der Waals surface area contributed by atoms with Gasteiger partial charge in [0, 0.05) is 15.9 Å². The Morgan fingerprint density at radius 1 is 1.11 bits per heavy atom. The highest BCUT2D eigenvalue weighted by Gasteiger charge is 2.06. The second-order valence-corrected chi connectivity index (χ2v) is 4.73. The summed E-state index contributed by atoms with van der Waals surface area (Å²) in [7, 11) is 0. The van der Waals surface area contributed by atoms with Crippen LogP contribution in [0, 0.1) is 5.82 Å². The lowest BCUT2D eigenvalue weighted by Crippen LogP contribution is -1.98. The van der Waals surface area contributed by atoms with Crippen molar-refractivity contribution in [3.63, 3.8) is 0 Å². The van der Waals surface area contributed by atoms with E-state index < -0.39 is 0 Å². The number of hydrogen-bond acceptors (Lipinski definition) is 1. The maximum atomic E-state index is 12.8. The highest BCUT2D eigenvalue weighted by Crippen LogP contribution is 2.29. The Labute approximate surface area is 119 Å². The maximum absolute atomic E-state index is 12.8. The summed E-state index contributed by atoms with van der Waals surface area (Å²) < 4.78 is 18.5. The standard InChI is InChI=1S/C14H11BrClFO/c15-8-12-13(16)2-1-3-14(12)18-9-10-4-6-11(17)7-5-10/h1-7H,8-9H2. The van der Waals surface area contributed by atoms with Crippen molar-refractivity contribution in [3.05, 3.63) is 64.4 Å². The average molecular weight is 330 g/mol. The first-order chi connectivity index (χ1) is 8.70. The van der Waals surface area contributed by atoms with Gasteiger partial charge in [-0.15, -0.1) is 0 Å². The molecule has 2 aromatic rings. The Bertz CT molecular complexity index is 528. The van der Waals surface area contributed by atoms with Crippen molar-refractivity contribution in [3.8, 4) is 5.75 Å². The van der Waals surface area contributed by atoms with Crippen LogP contribution in [0.25, 0.3) is 0 Å². The second kappa shape index (κ2) is 6.21. The molecule has 0 spiro atoms. The van der Waals surface area contributed by atoms with Crippen LogP contribution in [0.3, 0.4) is 0 Å². The van der Waals surface area contributed by atoms with Crippen molar-refractivity contribution >= 4 is 27.5 Å². The number of ether oxygens (including phenoxy) is 1. The fourth-order valence-electron chi connectivity index (χ4n) is 1.55. The van der Waals surface area contributed by atoms with Crippen LogP contribution in [0.15, 0.2) is 42.5 Å². The van der Waals surface area contributed by atoms with Crippen molar-refractivity contribution < 1.29 is 9.13 Å². The van der Waals surface area contributed by atoms with Crippen LogP contribution in [0.2, 0.25) is 5.02 Å². The van der Waals surface area contributed by atoms with E-state index in [1.54, 1.807) is 12.1 Å². The van der Waals surface area contributed by atoms with Crippen LogP contribution in [-0.4, -0.2) is 0 Å². The van der Waals surface area contributed by atoms with Crippen LogP contribution in [-0.2, 0) is 11.9 Å². The molecule has 0 heterocycles. The van der Waals surface area contributed by atoms with Crippen LogP contribution >= 0.6 is 27.5 Å². The van der Waals surface area contributed by atoms with Gasteiger partial charge in [-0.05, 0) is 29.8 Å². The van der Waals surface area contributed by atoms with Gasteiger partial charge in [0.05, 0.1) is 0 Å². The molecule has 0 saturated carbocycles. The first kappa shape index (κ1) is 13.4. The van der Waals surface area contributed by atoms with Gasteiger partial charge in [-0.1, -0.05) is 45.7 Å². The Morgan fingerprint density at radius 2 is 1.83 bits per heavy atom. The quantitative estimate of drug-likeness (QED) is 0.721. The molecule has 0 amide bonds. The molecule has 0 N–H and O–H groups in total. The summed E-state index contributed by atoms with van der Waals surface area (Å²) in [5.74, 6) is 0.492. The maximum Gasteiger partial charge on any atom is 0.125 e. The zero-order valence-corrected chi connectivity index (χ0v) is 11.8. The van der Waals surface area contributed by atoms with Crippen molar-refractivity contribution in [2.45, 2.75) is 11.9 Å². The number of hydrogen-bond donors (Lipinski definition) is 0. The van der Waals surface area contributed by atoms with E-state index in [1.165, 1.54) is 12.1 Å². The van der Waals surface area contributed by atoms with Crippen LogP contribution < -0.4 is 4.74 Å². The van der Waals surface area contributed by atoms with E-state index >= 15 is 0 Å². The first-order valence-corrected chi connectivity index (χ1v) is 6.91. The Kier molecular flexibility index (Phi) is 4.61. The molecule has 0 saturated heterocycles. The largest absolute Gasteiger partial charge is 0.489 e. The zero-order valence-electron chi connectivity index (χ0n) is 9.50. The molecule has 2 aromatic carbocycles. The minimum atomic E-state index is -0.248. The Hall–Kier alpha value is -1.06. The van der Waals surface area contributed by atoms with Gasteiger partial charge in [-0.2, -0.15) is 0 Å². The molecule has 0 bridgehead atoms. The number of benzene rings is 2. The molecule has 0 aromatic heterocycles. The lowest BCUT2D eigenvalue weighted by atomic mass is 10.2. The normalized spacial score (nSPS) is 10.4. The monoisotopic (exact) mass is 328 g/mol. The number of alkyl halides is 1. The molecule has 0 unspecified atom stereocenters. The summed E-state index contributed by atoms with van der Waals surface area (Å²) in [5.41, 5.74) is 1.83. The van der Waals surface area contributed by atoms with Crippen LogP contribution in [0.4, 0.5) is 4.39 Å². The van der Waals surface area contributed by atoms with Crippen molar-refractivity contribution in [1.29, 1.82) is 0 Å². The molecule has 0 aliphatic heterocycles. The summed E-state index contributed by atoms with van der Waals surface area (Å²) in [6.45, 7) is 0.390. The van der Waals surface area contributed by atoms with Crippen molar-refractivity contribution in [1.82, 2.24) is 0 Å². The lowest BCUT2D eigenvalue weighted by Gasteiger charge is -2.11. The second-order valence-electron chi connectivity index (χ2n) is 3.77. The fraction of sp³-hybridized carbons (Fsp3) is 0.143. The van der Waals surface area contributed by atoms with E-state index in [2.05, 4.69) is 15.9 Å². The van der Waals surface area contributed by atoms with Gasteiger partial charge in [0.2, 0.25) is 0 Å². The van der Waals surface area contributed by atoms with Crippen LogP contribution in [0.1, 0.15) is 11.1 Å². The SMILES string of the molecule is Fc1ccc(COc2cccc(Cl)c2CBr)cc1. The van der Waals surface area contributed by atoms with Crippen molar-refractivity contribution in [2.75, 3.05) is 0 Å².